The molecule has 0 aliphatic heterocycles. The monoisotopic (exact) mass is 618 g/mol. The molecule has 0 bridgehead atoms. The van der Waals surface area contributed by atoms with E-state index >= 15 is 0 Å². The minimum atomic E-state index is -1.16. The molecule has 0 aliphatic carbocycles. The van der Waals surface area contributed by atoms with Gasteiger partial charge in [0.25, 0.3) is 0 Å². The van der Waals surface area contributed by atoms with Crippen molar-refractivity contribution in [2.45, 2.75) is 71.5 Å². The summed E-state index contributed by atoms with van der Waals surface area (Å²) < 4.78 is 0. The van der Waals surface area contributed by atoms with E-state index in [2.05, 4.69) is 21.3 Å². The molecule has 0 saturated carbocycles. The van der Waals surface area contributed by atoms with Crippen molar-refractivity contribution in [2.75, 3.05) is 6.54 Å². The van der Waals surface area contributed by atoms with Gasteiger partial charge in [0.2, 0.25) is 23.6 Å². The highest BCUT2D eigenvalue weighted by Crippen LogP contribution is 2.15. The van der Waals surface area contributed by atoms with Gasteiger partial charge in [-0.1, -0.05) is 111 Å². The van der Waals surface area contributed by atoms with Crippen molar-refractivity contribution < 1.29 is 19.2 Å². The minimum Gasteiger partial charge on any atom is -0.355 e. The molecule has 0 heterocycles. The fraction of sp³-hybridized carbons (Fsp3) is 0.371. The first-order chi connectivity index (χ1) is 21.0. The molecule has 3 rings (SSSR count). The highest BCUT2D eigenvalue weighted by Gasteiger charge is 2.29. The van der Waals surface area contributed by atoms with E-state index in [0.29, 0.717) is 30.8 Å². The van der Waals surface area contributed by atoms with Gasteiger partial charge in [0.1, 0.15) is 12.1 Å². The number of nitrogens with one attached hydrogen (secondary N) is 4. The molecule has 0 spiro atoms. The lowest BCUT2D eigenvalue weighted by atomic mass is 9.97. The standard InChI is InChI=1S/C35H43ClN4O4/c1-35(2,3)24-38-32(42)22-30(39-31(41)21-19-26-14-8-5-9-15-26)34(44)40-29(20-18-25-12-6-4-7-13-25)33(43)37-23-27-16-10-11-17-28(27)36/h4-17,29-30H,18-24H2,1-3H3,(H,37,43)(H,38,42)(H,39,41)(H,40,44)/t29-,30-/m0/s1. The SMILES string of the molecule is CC(C)(C)CNC(=O)C[C@H](NC(=O)CCc1ccccc1)C(=O)N[C@@H](CCc1ccccc1)C(=O)NCc1ccccc1Cl. The van der Waals surface area contributed by atoms with Gasteiger partial charge in [-0.3, -0.25) is 19.2 Å². The number of carbonyl (C=O) groups is 4. The quantitative estimate of drug-likeness (QED) is 0.197. The van der Waals surface area contributed by atoms with Crippen molar-refractivity contribution in [1.29, 1.82) is 0 Å². The topological polar surface area (TPSA) is 116 Å². The lowest BCUT2D eigenvalue weighted by molar-refractivity contribution is -0.134. The molecule has 3 aromatic rings. The number of carbonyl (C=O) groups excluding carboxylic acids is 4. The van der Waals surface area contributed by atoms with Gasteiger partial charge in [-0.2, -0.15) is 0 Å². The van der Waals surface area contributed by atoms with Crippen LogP contribution in [-0.4, -0.2) is 42.3 Å². The Kier molecular flexibility index (Phi) is 13.4. The summed E-state index contributed by atoms with van der Waals surface area (Å²) in [6, 6.07) is 24.3. The Balaban J connectivity index is 1.73. The highest BCUT2D eigenvalue weighted by molar-refractivity contribution is 6.31. The first-order valence-electron chi connectivity index (χ1n) is 15.0. The van der Waals surface area contributed by atoms with Crippen LogP contribution in [-0.2, 0) is 38.6 Å². The fourth-order valence-corrected chi connectivity index (χ4v) is 4.65. The molecule has 9 heteroatoms. The average molecular weight is 619 g/mol. The van der Waals surface area contributed by atoms with E-state index in [1.54, 1.807) is 6.07 Å². The van der Waals surface area contributed by atoms with Crippen LogP contribution in [0, 0.1) is 5.41 Å². The number of halogens is 1. The van der Waals surface area contributed by atoms with Crippen LogP contribution in [0.1, 0.15) is 56.7 Å². The predicted octanol–water partition coefficient (Wildman–Crippen LogP) is 4.74. The molecule has 0 radical (unpaired) electrons. The van der Waals surface area contributed by atoms with E-state index in [1.165, 1.54) is 0 Å². The Morgan fingerprint density at radius 3 is 1.89 bits per heavy atom. The Hall–Kier alpha value is -4.17. The van der Waals surface area contributed by atoms with Crippen LogP contribution in [0.5, 0.6) is 0 Å². The summed E-state index contributed by atoms with van der Waals surface area (Å²) in [5.41, 5.74) is 2.59. The zero-order valence-electron chi connectivity index (χ0n) is 25.7. The van der Waals surface area contributed by atoms with Gasteiger partial charge >= 0.3 is 0 Å². The summed E-state index contributed by atoms with van der Waals surface area (Å²) in [6.07, 6.45) is 1.22. The molecule has 2 atom stereocenters. The lowest BCUT2D eigenvalue weighted by Gasteiger charge is -2.24. The molecule has 44 heavy (non-hydrogen) atoms. The van der Waals surface area contributed by atoms with Crippen LogP contribution in [0.4, 0.5) is 0 Å². The van der Waals surface area contributed by atoms with Gasteiger partial charge in [-0.05, 0) is 47.4 Å². The second-order valence-electron chi connectivity index (χ2n) is 12.0. The van der Waals surface area contributed by atoms with Gasteiger partial charge in [0.05, 0.1) is 6.42 Å². The van der Waals surface area contributed by atoms with Crippen LogP contribution in [0.3, 0.4) is 0 Å². The number of rotatable bonds is 15. The molecule has 4 amide bonds. The zero-order valence-corrected chi connectivity index (χ0v) is 26.5. The Labute approximate surface area is 265 Å². The fourth-order valence-electron chi connectivity index (χ4n) is 4.44. The normalized spacial score (nSPS) is 12.5. The Morgan fingerprint density at radius 1 is 0.682 bits per heavy atom. The minimum absolute atomic E-state index is 0.146. The molecule has 4 N–H and O–H groups in total. The number of hydrogen-bond acceptors (Lipinski definition) is 4. The summed E-state index contributed by atoms with van der Waals surface area (Å²) in [5, 5.41) is 11.8. The third-order valence-corrected chi connectivity index (χ3v) is 7.32. The van der Waals surface area contributed by atoms with E-state index < -0.39 is 18.0 Å². The molecule has 0 saturated heterocycles. The zero-order chi connectivity index (χ0) is 32.0. The van der Waals surface area contributed by atoms with Crippen LogP contribution in [0.25, 0.3) is 0 Å². The van der Waals surface area contributed by atoms with Crippen molar-refractivity contribution in [1.82, 2.24) is 21.3 Å². The van der Waals surface area contributed by atoms with Gasteiger partial charge in [0, 0.05) is 24.5 Å². The van der Waals surface area contributed by atoms with E-state index in [4.69, 9.17) is 11.6 Å². The van der Waals surface area contributed by atoms with Gasteiger partial charge in [-0.15, -0.1) is 0 Å². The third kappa shape index (κ3) is 12.6. The molecule has 0 unspecified atom stereocenters. The van der Waals surface area contributed by atoms with Gasteiger partial charge in [0.15, 0.2) is 0 Å². The molecule has 0 aliphatic rings. The molecular weight excluding hydrogens is 576 g/mol. The first-order valence-corrected chi connectivity index (χ1v) is 15.3. The maximum absolute atomic E-state index is 13.6. The summed E-state index contributed by atoms with van der Waals surface area (Å²) in [6.45, 7) is 6.56. The maximum Gasteiger partial charge on any atom is 0.243 e. The molecule has 0 fully saturated rings. The third-order valence-electron chi connectivity index (χ3n) is 6.95. The summed E-state index contributed by atoms with van der Waals surface area (Å²) >= 11 is 6.27. The maximum atomic E-state index is 13.6. The summed E-state index contributed by atoms with van der Waals surface area (Å²) in [7, 11) is 0. The number of benzene rings is 3. The Morgan fingerprint density at radius 2 is 1.27 bits per heavy atom. The van der Waals surface area contributed by atoms with E-state index in [1.807, 2.05) is 99.6 Å². The molecule has 0 aromatic heterocycles. The van der Waals surface area contributed by atoms with E-state index in [0.717, 1.165) is 16.7 Å². The molecule has 8 nitrogen and oxygen atoms in total. The van der Waals surface area contributed by atoms with Crippen molar-refractivity contribution in [3.05, 3.63) is 107 Å². The van der Waals surface area contributed by atoms with Crippen LogP contribution >= 0.6 is 11.6 Å². The summed E-state index contributed by atoms with van der Waals surface area (Å²) in [4.78, 5) is 52.8. The number of aryl methyl sites for hydroxylation is 2. The second kappa shape index (κ2) is 17.2. The predicted molar refractivity (Wildman–Crippen MR) is 174 cm³/mol. The van der Waals surface area contributed by atoms with E-state index in [9.17, 15) is 19.2 Å². The largest absolute Gasteiger partial charge is 0.355 e. The average Bonchev–Trinajstić information content (AvgIpc) is 3.00. The van der Waals surface area contributed by atoms with Crippen LogP contribution in [0.15, 0.2) is 84.9 Å². The molecule has 3 aromatic carbocycles. The number of hydrogen-bond donors (Lipinski definition) is 4. The molecule has 234 valence electrons. The highest BCUT2D eigenvalue weighted by atomic mass is 35.5. The van der Waals surface area contributed by atoms with Crippen molar-refractivity contribution in [3.63, 3.8) is 0 Å². The van der Waals surface area contributed by atoms with Gasteiger partial charge < -0.3 is 21.3 Å². The summed E-state index contributed by atoms with van der Waals surface area (Å²) in [5.74, 6) is -1.72. The lowest BCUT2D eigenvalue weighted by Crippen LogP contribution is -2.55. The molecular formula is C35H43ClN4O4. The van der Waals surface area contributed by atoms with Crippen molar-refractivity contribution in [2.24, 2.45) is 5.41 Å². The second-order valence-corrected chi connectivity index (χ2v) is 12.4. The van der Waals surface area contributed by atoms with Crippen molar-refractivity contribution in [3.8, 4) is 0 Å². The van der Waals surface area contributed by atoms with Crippen LogP contribution < -0.4 is 21.3 Å². The Bertz CT molecular complexity index is 1380. The van der Waals surface area contributed by atoms with Gasteiger partial charge in [-0.25, -0.2) is 0 Å². The van der Waals surface area contributed by atoms with Crippen molar-refractivity contribution >= 4 is 35.2 Å². The smallest absolute Gasteiger partial charge is 0.243 e. The first kappa shape index (κ1) is 34.3. The number of amides is 4. The van der Waals surface area contributed by atoms with E-state index in [-0.39, 0.29) is 42.5 Å². The van der Waals surface area contributed by atoms with Crippen LogP contribution in [0.2, 0.25) is 5.02 Å².